The molecule has 1 aromatic carbocycles. The van der Waals surface area contributed by atoms with Crippen molar-refractivity contribution < 1.29 is 9.47 Å². The second-order valence-corrected chi connectivity index (χ2v) is 12.3. The van der Waals surface area contributed by atoms with E-state index in [1.165, 1.54) is 121 Å². The quantitative estimate of drug-likeness (QED) is 0.199. The van der Waals surface area contributed by atoms with E-state index in [9.17, 15) is 0 Å². The van der Waals surface area contributed by atoms with Gasteiger partial charge in [0.2, 0.25) is 0 Å². The third-order valence-corrected chi connectivity index (χ3v) is 9.85. The van der Waals surface area contributed by atoms with E-state index >= 15 is 0 Å². The second kappa shape index (κ2) is 17.6. The third kappa shape index (κ3) is 10.5. The van der Waals surface area contributed by atoms with Gasteiger partial charge in [-0.15, -0.1) is 0 Å². The van der Waals surface area contributed by atoms with Crippen molar-refractivity contribution in [1.29, 1.82) is 0 Å². The summed E-state index contributed by atoms with van der Waals surface area (Å²) in [6.07, 6.45) is 25.1. The van der Waals surface area contributed by atoms with Crippen LogP contribution < -0.4 is 0 Å². The molecule has 2 heteroatoms. The fourth-order valence-electron chi connectivity index (χ4n) is 7.40. The Labute approximate surface area is 224 Å². The molecule has 0 amide bonds. The van der Waals surface area contributed by atoms with E-state index in [1.54, 1.807) is 5.56 Å². The molecule has 3 rings (SSSR count). The van der Waals surface area contributed by atoms with Gasteiger partial charge < -0.3 is 9.47 Å². The summed E-state index contributed by atoms with van der Waals surface area (Å²) in [5.41, 5.74) is 3.06. The molecule has 0 saturated heterocycles. The summed E-state index contributed by atoms with van der Waals surface area (Å²) in [6.45, 7) is 4.10. The summed E-state index contributed by atoms with van der Waals surface area (Å²) < 4.78 is 10.8. The molecule has 36 heavy (non-hydrogen) atoms. The third-order valence-electron chi connectivity index (χ3n) is 9.85. The molecule has 0 radical (unpaired) electrons. The lowest BCUT2D eigenvalue weighted by Crippen LogP contribution is -2.29. The van der Waals surface area contributed by atoms with Gasteiger partial charge in [-0.2, -0.15) is 0 Å². The van der Waals surface area contributed by atoms with E-state index in [1.807, 2.05) is 14.2 Å². The zero-order chi connectivity index (χ0) is 25.4. The van der Waals surface area contributed by atoms with Gasteiger partial charge in [0.15, 0.2) is 0 Å². The first kappa shape index (κ1) is 29.7. The molecule has 0 N–H and O–H groups in total. The Morgan fingerprint density at radius 1 is 0.667 bits per heavy atom. The van der Waals surface area contributed by atoms with Crippen molar-refractivity contribution >= 4 is 0 Å². The summed E-state index contributed by atoms with van der Waals surface area (Å²) in [6, 6.07) is 9.52. The van der Waals surface area contributed by atoms with Gasteiger partial charge in [0.1, 0.15) is 0 Å². The summed E-state index contributed by atoms with van der Waals surface area (Å²) in [5.74, 6) is 4.74. The van der Waals surface area contributed by atoms with Gasteiger partial charge in [0, 0.05) is 27.4 Å². The number of hydrogen-bond acceptors (Lipinski definition) is 2. The van der Waals surface area contributed by atoms with Gasteiger partial charge in [-0.3, -0.25) is 0 Å². The molecule has 0 aromatic heterocycles. The molecule has 206 valence electrons. The highest BCUT2D eigenvalue weighted by Gasteiger charge is 2.33. The van der Waals surface area contributed by atoms with Crippen molar-refractivity contribution in [2.75, 3.05) is 27.4 Å². The van der Waals surface area contributed by atoms with Gasteiger partial charge in [-0.25, -0.2) is 0 Å². The lowest BCUT2D eigenvalue weighted by atomic mass is 9.66. The maximum absolute atomic E-state index is 5.41. The summed E-state index contributed by atoms with van der Waals surface area (Å²) in [7, 11) is 3.68. The van der Waals surface area contributed by atoms with Crippen LogP contribution in [0, 0.1) is 29.6 Å². The van der Waals surface area contributed by atoms with Crippen LogP contribution in [0.25, 0.3) is 0 Å². The van der Waals surface area contributed by atoms with Gasteiger partial charge in [0.25, 0.3) is 0 Å². The second-order valence-electron chi connectivity index (χ2n) is 12.3. The molecule has 0 atom stereocenters. The Morgan fingerprint density at radius 3 is 1.67 bits per heavy atom. The number of hydrogen-bond donors (Lipinski definition) is 0. The number of unbranched alkanes of at least 4 members (excludes halogenated alkanes) is 3. The largest absolute Gasteiger partial charge is 0.385 e. The minimum Gasteiger partial charge on any atom is -0.385 e. The Kier molecular flexibility index (Phi) is 14.5. The lowest BCUT2D eigenvalue weighted by Gasteiger charge is -2.40. The number of aryl methyl sites for hydroxylation is 2. The van der Waals surface area contributed by atoms with E-state index in [-0.39, 0.29) is 0 Å². The summed E-state index contributed by atoms with van der Waals surface area (Å²) in [4.78, 5) is 0. The van der Waals surface area contributed by atoms with Gasteiger partial charge >= 0.3 is 0 Å². The fraction of sp³-hybridized carbons (Fsp3) is 0.824. The van der Waals surface area contributed by atoms with Crippen molar-refractivity contribution in [2.24, 2.45) is 29.6 Å². The maximum atomic E-state index is 5.41. The Balaban J connectivity index is 1.27. The first-order valence-electron chi connectivity index (χ1n) is 15.8. The molecule has 0 unspecified atom stereocenters. The monoisotopic (exact) mass is 498 g/mol. The van der Waals surface area contributed by atoms with Crippen LogP contribution in [-0.4, -0.2) is 27.4 Å². The van der Waals surface area contributed by atoms with E-state index in [2.05, 4.69) is 31.2 Å². The van der Waals surface area contributed by atoms with Gasteiger partial charge in [-0.05, 0) is 118 Å². The average molecular weight is 499 g/mol. The van der Waals surface area contributed by atoms with Crippen molar-refractivity contribution in [1.82, 2.24) is 0 Å². The zero-order valence-electron chi connectivity index (χ0n) is 24.2. The zero-order valence-corrected chi connectivity index (χ0v) is 24.2. The van der Waals surface area contributed by atoms with Crippen molar-refractivity contribution in [3.63, 3.8) is 0 Å². The Bertz CT molecular complexity index is 644. The number of methoxy groups -OCH3 is 2. The highest BCUT2D eigenvalue weighted by molar-refractivity contribution is 5.22. The van der Waals surface area contributed by atoms with Gasteiger partial charge in [-0.1, -0.05) is 69.7 Å². The van der Waals surface area contributed by atoms with Crippen LogP contribution in [0.2, 0.25) is 0 Å². The lowest BCUT2D eigenvalue weighted by molar-refractivity contribution is 0.0852. The Hall–Kier alpha value is -0.860. The van der Waals surface area contributed by atoms with Crippen LogP contribution in [-0.2, 0) is 22.3 Å². The topological polar surface area (TPSA) is 18.5 Å². The normalized spacial score (nSPS) is 24.9. The first-order valence-corrected chi connectivity index (χ1v) is 15.8. The highest BCUT2D eigenvalue weighted by atomic mass is 16.5. The van der Waals surface area contributed by atoms with Crippen molar-refractivity contribution in [3.8, 4) is 0 Å². The van der Waals surface area contributed by atoms with Crippen LogP contribution in [0.5, 0.6) is 0 Å². The van der Waals surface area contributed by atoms with Crippen molar-refractivity contribution in [3.05, 3.63) is 35.4 Å². The molecule has 2 saturated carbocycles. The fourth-order valence-corrected chi connectivity index (χ4v) is 7.40. The summed E-state index contributed by atoms with van der Waals surface area (Å²) in [5, 5.41) is 0. The van der Waals surface area contributed by atoms with Gasteiger partial charge in [0.05, 0.1) is 0 Å². The minimum atomic E-state index is 0.797. The van der Waals surface area contributed by atoms with Crippen LogP contribution in [0.3, 0.4) is 0 Å². The average Bonchev–Trinajstić information content (AvgIpc) is 2.93. The maximum Gasteiger partial charge on any atom is 0.0465 e. The standard InChI is InChI=1S/C34H58O2/c1-4-5-6-9-28-12-14-29(15-13-28)10-7-8-11-30-16-18-31(19-17-30)32-20-22-33(23-21-32)34(24-26-35-2)25-27-36-3/h12-15,30-34H,4-11,16-27H2,1-3H3. The predicted octanol–water partition coefficient (Wildman–Crippen LogP) is 9.43. The molecule has 0 spiro atoms. The molecule has 2 nitrogen and oxygen atoms in total. The number of benzene rings is 1. The smallest absolute Gasteiger partial charge is 0.0465 e. The molecule has 2 aliphatic rings. The van der Waals surface area contributed by atoms with E-state index in [4.69, 9.17) is 9.47 Å². The van der Waals surface area contributed by atoms with E-state index in [0.29, 0.717) is 0 Å². The highest BCUT2D eigenvalue weighted by Crippen LogP contribution is 2.44. The minimum absolute atomic E-state index is 0.797. The molecule has 0 heterocycles. The molecule has 0 aliphatic heterocycles. The van der Waals surface area contributed by atoms with Crippen LogP contribution >= 0.6 is 0 Å². The molecule has 2 aliphatic carbocycles. The molecule has 2 fully saturated rings. The predicted molar refractivity (Wildman–Crippen MR) is 155 cm³/mol. The number of ether oxygens (including phenoxy) is 2. The van der Waals surface area contributed by atoms with Crippen LogP contribution in [0.15, 0.2) is 24.3 Å². The number of rotatable bonds is 17. The Morgan fingerprint density at radius 2 is 1.17 bits per heavy atom. The first-order chi connectivity index (χ1) is 17.7. The van der Waals surface area contributed by atoms with Crippen molar-refractivity contribution in [2.45, 2.75) is 122 Å². The molecular weight excluding hydrogens is 440 g/mol. The van der Waals surface area contributed by atoms with E-state index in [0.717, 1.165) is 42.8 Å². The molecular formula is C34H58O2. The van der Waals surface area contributed by atoms with Crippen LogP contribution in [0.1, 0.15) is 121 Å². The molecule has 1 aromatic rings. The summed E-state index contributed by atoms with van der Waals surface area (Å²) >= 11 is 0. The van der Waals surface area contributed by atoms with Crippen LogP contribution in [0.4, 0.5) is 0 Å². The van der Waals surface area contributed by atoms with E-state index < -0.39 is 0 Å². The SMILES string of the molecule is CCCCCc1ccc(CCCCC2CCC(C3CCC(C(CCOC)CCOC)CC3)CC2)cc1. The molecule has 0 bridgehead atoms.